The van der Waals surface area contributed by atoms with Crippen LogP contribution in [0.2, 0.25) is 0 Å². The fraction of sp³-hybridized carbons (Fsp3) is 0.611. The Hall–Kier alpha value is -2.11. The van der Waals surface area contributed by atoms with Gasteiger partial charge in [-0.15, -0.1) is 0 Å². The van der Waals surface area contributed by atoms with Gasteiger partial charge in [-0.2, -0.15) is 0 Å². The number of rotatable bonds is 4. The number of amides is 1. The molecule has 2 N–H and O–H groups in total. The average molecular weight is 332 g/mol. The number of anilines is 1. The number of carbonyl (C=O) groups is 1. The summed E-state index contributed by atoms with van der Waals surface area (Å²) in [4.78, 5) is 20.6. The molecule has 0 atom stereocenters. The van der Waals surface area contributed by atoms with Gasteiger partial charge in [0, 0.05) is 23.8 Å². The molecule has 6 heteroatoms. The summed E-state index contributed by atoms with van der Waals surface area (Å²) in [6, 6.07) is 0.499. The van der Waals surface area contributed by atoms with Crippen LogP contribution in [0.4, 0.5) is 10.7 Å². The second-order valence-electron chi connectivity index (χ2n) is 7.28. The van der Waals surface area contributed by atoms with Crippen LogP contribution < -0.4 is 10.6 Å². The standard InChI is InChI=1S/C18H28N4O2/c1-6-13-11-19-16(20-12(13)2)21-14-7-9-15(10-8-14)22-17(23)24-18(3,4)5/h6,11,14-15H,1,7-10H2,2-5H3,(H,22,23)(H,19,20,21)/t14-,15-. The van der Waals surface area contributed by atoms with Crippen LogP contribution in [-0.4, -0.2) is 33.7 Å². The van der Waals surface area contributed by atoms with Crippen molar-refractivity contribution in [3.63, 3.8) is 0 Å². The number of nitrogens with zero attached hydrogens (tertiary/aromatic N) is 2. The highest BCUT2D eigenvalue weighted by molar-refractivity contribution is 5.68. The molecule has 2 rings (SSSR count). The lowest BCUT2D eigenvalue weighted by Crippen LogP contribution is -2.42. The van der Waals surface area contributed by atoms with E-state index in [-0.39, 0.29) is 12.1 Å². The maximum atomic E-state index is 11.8. The number of aromatic nitrogens is 2. The Kier molecular flexibility index (Phi) is 5.80. The minimum absolute atomic E-state index is 0.170. The monoisotopic (exact) mass is 332 g/mol. The molecular formula is C18H28N4O2. The summed E-state index contributed by atoms with van der Waals surface area (Å²) in [6.07, 6.45) is 6.97. The molecule has 1 aromatic heterocycles. The highest BCUT2D eigenvalue weighted by Crippen LogP contribution is 2.22. The third-order valence-electron chi connectivity index (χ3n) is 4.02. The van der Waals surface area contributed by atoms with Crippen molar-refractivity contribution in [1.29, 1.82) is 0 Å². The van der Waals surface area contributed by atoms with Crippen molar-refractivity contribution in [2.24, 2.45) is 0 Å². The predicted molar refractivity (Wildman–Crippen MR) is 95.9 cm³/mol. The fourth-order valence-electron chi connectivity index (χ4n) is 2.79. The summed E-state index contributed by atoms with van der Waals surface area (Å²) >= 11 is 0. The molecule has 6 nitrogen and oxygen atoms in total. The molecular weight excluding hydrogens is 304 g/mol. The number of nitrogens with one attached hydrogen (secondary N) is 2. The number of alkyl carbamates (subject to hydrolysis) is 1. The quantitative estimate of drug-likeness (QED) is 0.879. The normalized spacial score (nSPS) is 21.0. The summed E-state index contributed by atoms with van der Waals surface area (Å²) in [5.74, 6) is 0.654. The molecule has 1 heterocycles. The first kappa shape index (κ1) is 18.2. The molecule has 0 aliphatic heterocycles. The molecule has 1 amide bonds. The smallest absolute Gasteiger partial charge is 0.407 e. The predicted octanol–water partition coefficient (Wildman–Crippen LogP) is 3.68. The van der Waals surface area contributed by atoms with E-state index in [1.165, 1.54) is 0 Å². The Morgan fingerprint density at radius 3 is 2.46 bits per heavy atom. The van der Waals surface area contributed by atoms with E-state index >= 15 is 0 Å². The lowest BCUT2D eigenvalue weighted by atomic mass is 9.91. The van der Waals surface area contributed by atoms with E-state index in [1.807, 2.05) is 27.7 Å². The minimum atomic E-state index is -0.463. The van der Waals surface area contributed by atoms with Gasteiger partial charge in [-0.05, 0) is 53.4 Å². The molecule has 24 heavy (non-hydrogen) atoms. The van der Waals surface area contributed by atoms with Crippen LogP contribution in [0, 0.1) is 6.92 Å². The zero-order valence-electron chi connectivity index (χ0n) is 15.1. The highest BCUT2D eigenvalue weighted by Gasteiger charge is 2.25. The maximum absolute atomic E-state index is 11.8. The number of hydrogen-bond acceptors (Lipinski definition) is 5. The second-order valence-corrected chi connectivity index (χ2v) is 7.28. The van der Waals surface area contributed by atoms with E-state index in [0.29, 0.717) is 12.0 Å². The molecule has 0 aromatic carbocycles. The van der Waals surface area contributed by atoms with Crippen LogP contribution in [0.5, 0.6) is 0 Å². The molecule has 0 saturated heterocycles. The van der Waals surface area contributed by atoms with Gasteiger partial charge in [0.05, 0.1) is 5.69 Å². The van der Waals surface area contributed by atoms with Gasteiger partial charge in [0.1, 0.15) is 5.60 Å². The second kappa shape index (κ2) is 7.64. The third kappa shape index (κ3) is 5.51. The maximum Gasteiger partial charge on any atom is 0.407 e. The van der Waals surface area contributed by atoms with Crippen molar-refractivity contribution < 1.29 is 9.53 Å². The van der Waals surface area contributed by atoms with Crippen LogP contribution in [0.25, 0.3) is 6.08 Å². The van der Waals surface area contributed by atoms with Gasteiger partial charge in [0.15, 0.2) is 0 Å². The van der Waals surface area contributed by atoms with Crippen LogP contribution in [-0.2, 0) is 4.74 Å². The Morgan fingerprint density at radius 1 is 1.29 bits per heavy atom. The van der Waals surface area contributed by atoms with Crippen LogP contribution in [0.15, 0.2) is 12.8 Å². The summed E-state index contributed by atoms with van der Waals surface area (Å²) in [6.45, 7) is 11.3. The number of ether oxygens (including phenoxy) is 1. The fourth-order valence-corrected chi connectivity index (χ4v) is 2.79. The molecule has 1 aromatic rings. The zero-order valence-corrected chi connectivity index (χ0v) is 15.1. The number of carbonyl (C=O) groups excluding carboxylic acids is 1. The Morgan fingerprint density at radius 2 is 1.92 bits per heavy atom. The highest BCUT2D eigenvalue weighted by atomic mass is 16.6. The van der Waals surface area contributed by atoms with E-state index < -0.39 is 5.60 Å². The number of aryl methyl sites for hydroxylation is 1. The summed E-state index contributed by atoms with van der Waals surface area (Å²) in [5.41, 5.74) is 1.41. The largest absolute Gasteiger partial charge is 0.444 e. The Bertz CT molecular complexity index is 587. The van der Waals surface area contributed by atoms with E-state index in [4.69, 9.17) is 4.74 Å². The van der Waals surface area contributed by atoms with Crippen molar-refractivity contribution in [1.82, 2.24) is 15.3 Å². The van der Waals surface area contributed by atoms with Crippen LogP contribution >= 0.6 is 0 Å². The zero-order chi connectivity index (χ0) is 17.7. The van der Waals surface area contributed by atoms with Crippen molar-refractivity contribution >= 4 is 18.1 Å². The molecule has 0 unspecified atom stereocenters. The van der Waals surface area contributed by atoms with E-state index in [0.717, 1.165) is 36.9 Å². The van der Waals surface area contributed by atoms with E-state index in [1.54, 1.807) is 12.3 Å². The molecule has 1 aliphatic carbocycles. The topological polar surface area (TPSA) is 76.1 Å². The SMILES string of the molecule is C=Cc1cnc(N[C@H]2CC[C@H](NC(=O)OC(C)(C)C)CC2)nc1C. The summed E-state index contributed by atoms with van der Waals surface area (Å²) in [7, 11) is 0. The third-order valence-corrected chi connectivity index (χ3v) is 4.02. The van der Waals surface area contributed by atoms with Crippen molar-refractivity contribution in [2.45, 2.75) is 71.1 Å². The van der Waals surface area contributed by atoms with Gasteiger partial charge >= 0.3 is 6.09 Å². The first-order valence-electron chi connectivity index (χ1n) is 8.49. The van der Waals surface area contributed by atoms with Gasteiger partial charge in [-0.1, -0.05) is 12.7 Å². The minimum Gasteiger partial charge on any atom is -0.444 e. The van der Waals surface area contributed by atoms with E-state index in [9.17, 15) is 4.79 Å². The Labute approximate surface area is 144 Å². The van der Waals surface area contributed by atoms with Crippen LogP contribution in [0.1, 0.15) is 57.7 Å². The van der Waals surface area contributed by atoms with Crippen LogP contribution in [0.3, 0.4) is 0 Å². The molecule has 0 spiro atoms. The van der Waals surface area contributed by atoms with Gasteiger partial charge < -0.3 is 15.4 Å². The van der Waals surface area contributed by atoms with Crippen molar-refractivity contribution in [3.8, 4) is 0 Å². The molecule has 0 bridgehead atoms. The molecule has 1 saturated carbocycles. The van der Waals surface area contributed by atoms with Crippen molar-refractivity contribution in [2.75, 3.05) is 5.32 Å². The van der Waals surface area contributed by atoms with Gasteiger partial charge in [0.25, 0.3) is 0 Å². The summed E-state index contributed by atoms with van der Waals surface area (Å²) in [5, 5.41) is 6.34. The summed E-state index contributed by atoms with van der Waals surface area (Å²) < 4.78 is 5.30. The molecule has 1 aliphatic rings. The molecule has 1 fully saturated rings. The molecule has 132 valence electrons. The average Bonchev–Trinajstić information content (AvgIpc) is 2.47. The first-order valence-corrected chi connectivity index (χ1v) is 8.49. The van der Waals surface area contributed by atoms with Gasteiger partial charge in [0.2, 0.25) is 5.95 Å². The Balaban J connectivity index is 1.79. The van der Waals surface area contributed by atoms with Gasteiger partial charge in [-0.25, -0.2) is 14.8 Å². The lowest BCUT2D eigenvalue weighted by molar-refractivity contribution is 0.0492. The first-order chi connectivity index (χ1) is 11.3. The van der Waals surface area contributed by atoms with Crippen molar-refractivity contribution in [3.05, 3.63) is 24.0 Å². The number of hydrogen-bond donors (Lipinski definition) is 2. The van der Waals surface area contributed by atoms with Gasteiger partial charge in [-0.3, -0.25) is 0 Å². The van der Waals surface area contributed by atoms with E-state index in [2.05, 4.69) is 27.2 Å². The molecule has 0 radical (unpaired) electrons. The lowest BCUT2D eigenvalue weighted by Gasteiger charge is -2.30.